The van der Waals surface area contributed by atoms with Crippen molar-refractivity contribution in [1.82, 2.24) is 4.98 Å². The van der Waals surface area contributed by atoms with E-state index in [1.807, 2.05) is 32.0 Å². The van der Waals surface area contributed by atoms with Crippen LogP contribution >= 0.6 is 0 Å². The van der Waals surface area contributed by atoms with E-state index < -0.39 is 0 Å². The van der Waals surface area contributed by atoms with Gasteiger partial charge in [-0.2, -0.15) is 0 Å². The number of hydrogen-bond donors (Lipinski definition) is 1. The molecule has 0 saturated carbocycles. The summed E-state index contributed by atoms with van der Waals surface area (Å²) in [5.41, 5.74) is 3.89. The molecular formula is C15H18N2O2. The number of amides is 1. The van der Waals surface area contributed by atoms with E-state index in [1.165, 1.54) is 0 Å². The molecule has 0 radical (unpaired) electrons. The Morgan fingerprint density at radius 1 is 1.32 bits per heavy atom. The minimum atomic E-state index is -0.00523. The van der Waals surface area contributed by atoms with Gasteiger partial charge in [0.25, 0.3) is 0 Å². The number of nitrogens with zero attached hydrogens (tertiary/aromatic N) is 1. The molecule has 4 heteroatoms. The number of benzene rings is 1. The van der Waals surface area contributed by atoms with Gasteiger partial charge >= 0.3 is 0 Å². The highest BCUT2D eigenvalue weighted by atomic mass is 16.3. The van der Waals surface area contributed by atoms with Crippen molar-refractivity contribution >= 4 is 11.6 Å². The summed E-state index contributed by atoms with van der Waals surface area (Å²) in [6, 6.07) is 6.02. The number of oxazole rings is 1. The minimum Gasteiger partial charge on any atom is -0.449 e. The monoisotopic (exact) mass is 258 g/mol. The number of hydrogen-bond acceptors (Lipinski definition) is 3. The van der Waals surface area contributed by atoms with E-state index in [1.54, 1.807) is 13.2 Å². The lowest BCUT2D eigenvalue weighted by Gasteiger charge is -2.08. The lowest BCUT2D eigenvalue weighted by molar-refractivity contribution is -0.116. The highest BCUT2D eigenvalue weighted by molar-refractivity contribution is 5.91. The topological polar surface area (TPSA) is 55.1 Å². The lowest BCUT2D eigenvalue weighted by atomic mass is 10.1. The molecule has 2 aromatic rings. The number of carbonyl (C=O) groups is 1. The number of carbonyl (C=O) groups excluding carboxylic acids is 1. The van der Waals surface area contributed by atoms with E-state index in [0.29, 0.717) is 18.7 Å². The number of aryl methyl sites for hydroxylation is 4. The van der Waals surface area contributed by atoms with Crippen molar-refractivity contribution in [3.05, 3.63) is 47.2 Å². The Labute approximate surface area is 112 Å². The summed E-state index contributed by atoms with van der Waals surface area (Å²) in [4.78, 5) is 16.1. The Kier molecular flexibility index (Phi) is 4.00. The molecule has 1 heterocycles. The Balaban J connectivity index is 1.92. The summed E-state index contributed by atoms with van der Waals surface area (Å²) in [5, 5.41) is 2.93. The average Bonchev–Trinajstić information content (AvgIpc) is 2.77. The average molecular weight is 258 g/mol. The van der Waals surface area contributed by atoms with Crippen LogP contribution < -0.4 is 5.32 Å². The summed E-state index contributed by atoms with van der Waals surface area (Å²) in [6.45, 7) is 5.78. The fourth-order valence-corrected chi connectivity index (χ4v) is 1.85. The van der Waals surface area contributed by atoms with Crippen molar-refractivity contribution in [1.29, 1.82) is 0 Å². The van der Waals surface area contributed by atoms with Gasteiger partial charge in [-0.25, -0.2) is 4.98 Å². The maximum Gasteiger partial charge on any atom is 0.224 e. The maximum absolute atomic E-state index is 11.9. The van der Waals surface area contributed by atoms with Gasteiger partial charge in [-0.1, -0.05) is 12.1 Å². The Morgan fingerprint density at radius 2 is 2.11 bits per heavy atom. The minimum absolute atomic E-state index is 0.00523. The highest BCUT2D eigenvalue weighted by Gasteiger charge is 2.07. The van der Waals surface area contributed by atoms with Gasteiger partial charge in [0, 0.05) is 25.5 Å². The van der Waals surface area contributed by atoms with Crippen LogP contribution in [-0.2, 0) is 11.2 Å². The molecule has 2 rings (SSSR count). The van der Waals surface area contributed by atoms with E-state index in [-0.39, 0.29) is 5.91 Å². The number of aromatic nitrogens is 1. The Bertz CT molecular complexity index is 588. The number of anilines is 1. The van der Waals surface area contributed by atoms with Crippen LogP contribution in [0.3, 0.4) is 0 Å². The smallest absolute Gasteiger partial charge is 0.224 e. The number of nitrogens with one attached hydrogen (secondary N) is 1. The van der Waals surface area contributed by atoms with Crippen LogP contribution in [0.15, 0.2) is 28.9 Å². The molecule has 0 atom stereocenters. The molecule has 4 nitrogen and oxygen atoms in total. The van der Waals surface area contributed by atoms with Crippen LogP contribution in [0.25, 0.3) is 0 Å². The molecule has 0 fully saturated rings. The molecule has 100 valence electrons. The van der Waals surface area contributed by atoms with Gasteiger partial charge in [-0.15, -0.1) is 0 Å². The Hall–Kier alpha value is -2.10. The SMILES string of the molecule is Cc1ccc(C)c(NC(=O)CCc2coc(C)n2)c1. The molecule has 0 aliphatic rings. The molecule has 0 bridgehead atoms. The van der Waals surface area contributed by atoms with Gasteiger partial charge in [-0.05, 0) is 31.0 Å². The summed E-state index contributed by atoms with van der Waals surface area (Å²) in [6.07, 6.45) is 2.59. The predicted octanol–water partition coefficient (Wildman–Crippen LogP) is 3.17. The van der Waals surface area contributed by atoms with Crippen molar-refractivity contribution in [2.75, 3.05) is 5.32 Å². The van der Waals surface area contributed by atoms with Gasteiger partial charge in [-0.3, -0.25) is 4.79 Å². The predicted molar refractivity (Wildman–Crippen MR) is 74.1 cm³/mol. The molecule has 1 aromatic carbocycles. The van der Waals surface area contributed by atoms with Gasteiger partial charge in [0.05, 0.1) is 5.69 Å². The zero-order chi connectivity index (χ0) is 13.8. The molecule has 19 heavy (non-hydrogen) atoms. The molecule has 1 N–H and O–H groups in total. The molecule has 0 aliphatic carbocycles. The lowest BCUT2D eigenvalue weighted by Crippen LogP contribution is -2.13. The van der Waals surface area contributed by atoms with Crippen LogP contribution in [0, 0.1) is 20.8 Å². The van der Waals surface area contributed by atoms with Crippen LogP contribution in [0.2, 0.25) is 0 Å². The zero-order valence-corrected chi connectivity index (χ0v) is 11.5. The van der Waals surface area contributed by atoms with Crippen LogP contribution in [0.5, 0.6) is 0 Å². The third kappa shape index (κ3) is 3.68. The fourth-order valence-electron chi connectivity index (χ4n) is 1.85. The molecule has 0 unspecified atom stereocenters. The highest BCUT2D eigenvalue weighted by Crippen LogP contribution is 2.16. The van der Waals surface area contributed by atoms with Crippen molar-refractivity contribution in [3.8, 4) is 0 Å². The molecule has 0 saturated heterocycles. The van der Waals surface area contributed by atoms with Crippen molar-refractivity contribution in [2.45, 2.75) is 33.6 Å². The van der Waals surface area contributed by atoms with Crippen molar-refractivity contribution < 1.29 is 9.21 Å². The van der Waals surface area contributed by atoms with Crippen LogP contribution in [0.4, 0.5) is 5.69 Å². The summed E-state index contributed by atoms with van der Waals surface area (Å²) in [5.74, 6) is 0.624. The van der Waals surface area contributed by atoms with E-state index in [2.05, 4.69) is 10.3 Å². The molecule has 1 amide bonds. The van der Waals surface area contributed by atoms with Crippen LogP contribution in [0.1, 0.15) is 29.1 Å². The third-order valence-electron chi connectivity index (χ3n) is 2.94. The second kappa shape index (κ2) is 5.69. The first-order valence-corrected chi connectivity index (χ1v) is 6.32. The molecular weight excluding hydrogens is 240 g/mol. The standard InChI is InChI=1S/C15H18N2O2/c1-10-4-5-11(2)14(8-10)17-15(18)7-6-13-9-19-12(3)16-13/h4-5,8-9H,6-7H2,1-3H3,(H,17,18). The quantitative estimate of drug-likeness (QED) is 0.916. The van der Waals surface area contributed by atoms with E-state index >= 15 is 0 Å². The maximum atomic E-state index is 11.9. The van der Waals surface area contributed by atoms with E-state index in [0.717, 1.165) is 22.5 Å². The summed E-state index contributed by atoms with van der Waals surface area (Å²) < 4.78 is 5.11. The largest absolute Gasteiger partial charge is 0.449 e. The van der Waals surface area contributed by atoms with Gasteiger partial charge in [0.15, 0.2) is 5.89 Å². The van der Waals surface area contributed by atoms with Gasteiger partial charge < -0.3 is 9.73 Å². The summed E-state index contributed by atoms with van der Waals surface area (Å²) >= 11 is 0. The molecule has 0 spiro atoms. The first-order valence-electron chi connectivity index (χ1n) is 6.32. The normalized spacial score (nSPS) is 10.5. The zero-order valence-electron chi connectivity index (χ0n) is 11.5. The first-order chi connectivity index (χ1) is 9.04. The third-order valence-corrected chi connectivity index (χ3v) is 2.94. The molecule has 1 aromatic heterocycles. The second-order valence-electron chi connectivity index (χ2n) is 4.72. The van der Waals surface area contributed by atoms with E-state index in [4.69, 9.17) is 4.42 Å². The van der Waals surface area contributed by atoms with Gasteiger partial charge in [0.1, 0.15) is 6.26 Å². The van der Waals surface area contributed by atoms with Crippen molar-refractivity contribution in [2.24, 2.45) is 0 Å². The molecule has 0 aliphatic heterocycles. The summed E-state index contributed by atoms with van der Waals surface area (Å²) in [7, 11) is 0. The van der Waals surface area contributed by atoms with Crippen molar-refractivity contribution in [3.63, 3.8) is 0 Å². The second-order valence-corrected chi connectivity index (χ2v) is 4.72. The van der Waals surface area contributed by atoms with Crippen LogP contribution in [-0.4, -0.2) is 10.9 Å². The fraction of sp³-hybridized carbons (Fsp3) is 0.333. The van der Waals surface area contributed by atoms with E-state index in [9.17, 15) is 4.79 Å². The first kappa shape index (κ1) is 13.3. The number of rotatable bonds is 4. The van der Waals surface area contributed by atoms with Gasteiger partial charge in [0.2, 0.25) is 5.91 Å². The Morgan fingerprint density at radius 3 is 2.79 bits per heavy atom.